The lowest BCUT2D eigenvalue weighted by Crippen LogP contribution is -2.36. The lowest BCUT2D eigenvalue weighted by molar-refractivity contribution is 0.368. The number of nitrogens with zero attached hydrogens (tertiary/aromatic N) is 5. The first-order valence-corrected chi connectivity index (χ1v) is 9.57. The summed E-state index contributed by atoms with van der Waals surface area (Å²) in [4.78, 5) is 8.22. The predicted molar refractivity (Wildman–Crippen MR) is 108 cm³/mol. The first-order valence-electron chi connectivity index (χ1n) is 9.57. The maximum Gasteiger partial charge on any atom is 0.191 e. The molecule has 0 atom stereocenters. The average Bonchev–Trinajstić information content (AvgIpc) is 3.42. The molecular formula is C20H27N7O. The summed E-state index contributed by atoms with van der Waals surface area (Å²) < 4.78 is 7.17. The fourth-order valence-electron chi connectivity index (χ4n) is 3.00. The molecule has 0 saturated heterocycles. The van der Waals surface area contributed by atoms with Crippen LogP contribution in [0.25, 0.3) is 5.69 Å². The zero-order chi connectivity index (χ0) is 19.8. The van der Waals surface area contributed by atoms with E-state index in [-0.39, 0.29) is 0 Å². The third kappa shape index (κ3) is 4.97. The topological polar surface area (TPSA) is 93.2 Å². The molecule has 28 heavy (non-hydrogen) atoms. The number of guanidine groups is 1. The Hall–Kier alpha value is -3.16. The number of nitrogens with one attached hydrogen (secondary N) is 2. The van der Waals surface area contributed by atoms with Gasteiger partial charge in [-0.2, -0.15) is 5.10 Å². The van der Waals surface area contributed by atoms with E-state index in [1.165, 1.54) is 6.33 Å². The molecule has 148 valence electrons. The van der Waals surface area contributed by atoms with E-state index < -0.39 is 0 Å². The van der Waals surface area contributed by atoms with Crippen LogP contribution in [0.15, 0.2) is 52.5 Å². The summed E-state index contributed by atoms with van der Waals surface area (Å²) >= 11 is 0. The van der Waals surface area contributed by atoms with E-state index in [0.29, 0.717) is 25.0 Å². The number of aliphatic imine (C=N–C) groups is 1. The van der Waals surface area contributed by atoms with Crippen LogP contribution < -0.4 is 10.6 Å². The van der Waals surface area contributed by atoms with Crippen LogP contribution in [0.3, 0.4) is 0 Å². The van der Waals surface area contributed by atoms with Gasteiger partial charge in [-0.05, 0) is 30.5 Å². The van der Waals surface area contributed by atoms with Crippen molar-refractivity contribution in [2.75, 3.05) is 7.05 Å². The highest BCUT2D eigenvalue weighted by Gasteiger charge is 2.13. The summed E-state index contributed by atoms with van der Waals surface area (Å²) in [5.41, 5.74) is 3.14. The minimum atomic E-state index is 0.454. The smallest absolute Gasteiger partial charge is 0.191 e. The maximum atomic E-state index is 5.45. The first kappa shape index (κ1) is 19.6. The molecular weight excluding hydrogens is 354 g/mol. The molecule has 0 spiro atoms. The van der Waals surface area contributed by atoms with Gasteiger partial charge in [-0.1, -0.05) is 31.1 Å². The van der Waals surface area contributed by atoms with E-state index in [4.69, 9.17) is 4.52 Å². The van der Waals surface area contributed by atoms with E-state index in [1.54, 1.807) is 18.1 Å². The molecule has 0 saturated carbocycles. The molecule has 2 heterocycles. The van der Waals surface area contributed by atoms with Gasteiger partial charge in [0.05, 0.1) is 17.9 Å². The van der Waals surface area contributed by atoms with Crippen molar-refractivity contribution in [2.24, 2.45) is 4.99 Å². The van der Waals surface area contributed by atoms with Gasteiger partial charge in [0.1, 0.15) is 12.7 Å². The Morgan fingerprint density at radius 3 is 2.54 bits per heavy atom. The van der Waals surface area contributed by atoms with Crippen LogP contribution in [0, 0.1) is 0 Å². The standard InChI is InChI=1S/C20H27N7O/c1-4-16(5-2)19-10-18(28-26-19)12-24-20(21-3)23-11-15-6-8-17(9-7-15)27-14-22-13-25-27/h6-10,13-14,16H,4-5,11-12H2,1-3H3,(H2,21,23,24). The van der Waals surface area contributed by atoms with E-state index >= 15 is 0 Å². The summed E-state index contributed by atoms with van der Waals surface area (Å²) in [6, 6.07) is 10.2. The number of benzene rings is 1. The molecule has 8 nitrogen and oxygen atoms in total. The fraction of sp³-hybridized carbons (Fsp3) is 0.400. The van der Waals surface area contributed by atoms with E-state index in [0.717, 1.165) is 35.5 Å². The van der Waals surface area contributed by atoms with Gasteiger partial charge in [0.25, 0.3) is 0 Å². The lowest BCUT2D eigenvalue weighted by atomic mass is 9.99. The predicted octanol–water partition coefficient (Wildman–Crippen LogP) is 3.02. The Bertz CT molecular complexity index is 864. The summed E-state index contributed by atoms with van der Waals surface area (Å²) in [5.74, 6) is 1.97. The van der Waals surface area contributed by atoms with Crippen LogP contribution in [0.2, 0.25) is 0 Å². The summed E-state index contributed by atoms with van der Waals surface area (Å²) in [6.07, 6.45) is 5.33. The van der Waals surface area contributed by atoms with E-state index in [9.17, 15) is 0 Å². The monoisotopic (exact) mass is 381 g/mol. The van der Waals surface area contributed by atoms with E-state index in [2.05, 4.69) is 56.8 Å². The van der Waals surface area contributed by atoms with Gasteiger partial charge < -0.3 is 15.2 Å². The number of aromatic nitrogens is 4. The normalized spacial score (nSPS) is 11.8. The SMILES string of the molecule is CCC(CC)c1cc(CNC(=NC)NCc2ccc(-n3cncn3)cc2)on1. The van der Waals surface area contributed by atoms with Gasteiger partial charge in [0.2, 0.25) is 0 Å². The highest BCUT2D eigenvalue weighted by Crippen LogP contribution is 2.22. The molecule has 0 fully saturated rings. The number of hydrogen-bond donors (Lipinski definition) is 2. The largest absolute Gasteiger partial charge is 0.359 e. The molecule has 2 aromatic heterocycles. The van der Waals surface area contributed by atoms with Crippen LogP contribution in [-0.4, -0.2) is 32.9 Å². The highest BCUT2D eigenvalue weighted by atomic mass is 16.5. The van der Waals surface area contributed by atoms with Crippen molar-refractivity contribution >= 4 is 5.96 Å². The second kappa shape index (κ2) is 9.68. The van der Waals surface area contributed by atoms with Crippen LogP contribution in [0.1, 0.15) is 49.6 Å². The van der Waals surface area contributed by atoms with Crippen molar-refractivity contribution in [2.45, 2.75) is 45.7 Å². The second-order valence-electron chi connectivity index (χ2n) is 6.52. The second-order valence-corrected chi connectivity index (χ2v) is 6.52. The molecule has 2 N–H and O–H groups in total. The van der Waals surface area contributed by atoms with Crippen molar-refractivity contribution in [3.63, 3.8) is 0 Å². The van der Waals surface area contributed by atoms with Gasteiger partial charge >= 0.3 is 0 Å². The zero-order valence-corrected chi connectivity index (χ0v) is 16.6. The van der Waals surface area contributed by atoms with Gasteiger partial charge in [-0.25, -0.2) is 9.67 Å². The van der Waals surface area contributed by atoms with Crippen LogP contribution in [0.4, 0.5) is 0 Å². The van der Waals surface area contributed by atoms with Gasteiger partial charge in [0.15, 0.2) is 11.7 Å². The quantitative estimate of drug-likeness (QED) is 0.460. The molecule has 0 aliphatic rings. The summed E-state index contributed by atoms with van der Waals surface area (Å²) in [7, 11) is 1.75. The minimum Gasteiger partial charge on any atom is -0.359 e. The molecule has 8 heteroatoms. The Kier molecular flexibility index (Phi) is 6.78. The van der Waals surface area contributed by atoms with Crippen molar-refractivity contribution in [1.29, 1.82) is 0 Å². The van der Waals surface area contributed by atoms with Gasteiger partial charge in [-0.15, -0.1) is 0 Å². The molecule has 0 aliphatic heterocycles. The van der Waals surface area contributed by atoms with E-state index in [1.807, 2.05) is 18.2 Å². The molecule has 0 amide bonds. The maximum absolute atomic E-state index is 5.45. The fourth-order valence-corrected chi connectivity index (χ4v) is 3.00. The molecule has 0 aliphatic carbocycles. The molecule has 0 radical (unpaired) electrons. The lowest BCUT2D eigenvalue weighted by Gasteiger charge is -2.11. The highest BCUT2D eigenvalue weighted by molar-refractivity contribution is 5.79. The van der Waals surface area contributed by atoms with Crippen LogP contribution >= 0.6 is 0 Å². The number of rotatable bonds is 8. The Balaban J connectivity index is 1.50. The average molecular weight is 381 g/mol. The van der Waals surface area contributed by atoms with Crippen molar-refractivity contribution < 1.29 is 4.52 Å². The van der Waals surface area contributed by atoms with Crippen molar-refractivity contribution in [3.8, 4) is 5.69 Å². The Labute approximate surface area is 165 Å². The van der Waals surface area contributed by atoms with Gasteiger partial charge in [-0.3, -0.25) is 4.99 Å². The zero-order valence-electron chi connectivity index (χ0n) is 16.6. The Morgan fingerprint density at radius 1 is 1.14 bits per heavy atom. The Morgan fingerprint density at radius 2 is 1.89 bits per heavy atom. The molecule has 0 bridgehead atoms. The van der Waals surface area contributed by atoms with Crippen molar-refractivity contribution in [3.05, 3.63) is 60.0 Å². The third-order valence-corrected chi connectivity index (χ3v) is 4.71. The van der Waals surface area contributed by atoms with Crippen LogP contribution in [-0.2, 0) is 13.1 Å². The van der Waals surface area contributed by atoms with Crippen molar-refractivity contribution in [1.82, 2.24) is 30.6 Å². The van der Waals surface area contributed by atoms with Crippen LogP contribution in [0.5, 0.6) is 0 Å². The summed E-state index contributed by atoms with van der Waals surface area (Å²) in [6.45, 7) is 5.54. The minimum absolute atomic E-state index is 0.454. The molecule has 3 rings (SSSR count). The third-order valence-electron chi connectivity index (χ3n) is 4.71. The molecule has 0 unspecified atom stereocenters. The van der Waals surface area contributed by atoms with Gasteiger partial charge in [0, 0.05) is 25.6 Å². The molecule has 3 aromatic rings. The summed E-state index contributed by atoms with van der Waals surface area (Å²) in [5, 5.41) is 14.9. The molecule has 1 aromatic carbocycles. The number of hydrogen-bond acceptors (Lipinski definition) is 5. The first-order chi connectivity index (χ1) is 13.7.